The van der Waals surface area contributed by atoms with Crippen molar-refractivity contribution in [2.45, 2.75) is 26.8 Å². The van der Waals surface area contributed by atoms with E-state index in [1.54, 1.807) is 0 Å². The predicted molar refractivity (Wildman–Crippen MR) is 68.8 cm³/mol. The van der Waals surface area contributed by atoms with Gasteiger partial charge in [-0.1, -0.05) is 32.0 Å². The van der Waals surface area contributed by atoms with Crippen LogP contribution in [-0.4, -0.2) is 19.2 Å². The highest BCUT2D eigenvalue weighted by Gasteiger charge is 2.25. The van der Waals surface area contributed by atoms with Gasteiger partial charge in [-0.2, -0.15) is 5.26 Å². The molecule has 0 bridgehead atoms. The number of para-hydroxylation sites is 1. The summed E-state index contributed by atoms with van der Waals surface area (Å²) in [6.45, 7) is 7.07. The standard InChI is InChI=1S/C14H20N2O/c1-12(2)16-10-14(3,9-15)11-17-13-7-5-4-6-8-13/h4-8,12,16H,10-11H2,1-3H3. The molecule has 1 aromatic rings. The molecule has 1 atom stereocenters. The minimum absolute atomic E-state index is 0.374. The first-order chi connectivity index (χ1) is 8.06. The molecule has 92 valence electrons. The lowest BCUT2D eigenvalue weighted by Crippen LogP contribution is -2.38. The Kier molecular flexibility index (Phi) is 4.99. The van der Waals surface area contributed by atoms with Crippen molar-refractivity contribution < 1.29 is 4.74 Å². The molecule has 0 aliphatic carbocycles. The fraction of sp³-hybridized carbons (Fsp3) is 0.500. The monoisotopic (exact) mass is 232 g/mol. The van der Waals surface area contributed by atoms with Gasteiger partial charge in [0.1, 0.15) is 17.8 Å². The number of benzene rings is 1. The van der Waals surface area contributed by atoms with Gasteiger partial charge in [-0.15, -0.1) is 0 Å². The van der Waals surface area contributed by atoms with Crippen LogP contribution in [0, 0.1) is 16.7 Å². The van der Waals surface area contributed by atoms with Gasteiger partial charge in [-0.3, -0.25) is 0 Å². The van der Waals surface area contributed by atoms with E-state index in [2.05, 4.69) is 25.2 Å². The normalized spacial score (nSPS) is 14.1. The molecule has 0 amide bonds. The lowest BCUT2D eigenvalue weighted by Gasteiger charge is -2.23. The SMILES string of the molecule is CC(C)NCC(C)(C#N)COc1ccccc1. The Morgan fingerprint density at radius 3 is 2.53 bits per heavy atom. The molecule has 1 aromatic carbocycles. The van der Waals surface area contributed by atoms with Crippen LogP contribution in [0.3, 0.4) is 0 Å². The van der Waals surface area contributed by atoms with Crippen LogP contribution in [0.15, 0.2) is 30.3 Å². The van der Waals surface area contributed by atoms with E-state index in [-0.39, 0.29) is 0 Å². The molecule has 0 aliphatic rings. The third-order valence-corrected chi connectivity index (χ3v) is 2.47. The quantitative estimate of drug-likeness (QED) is 0.820. The summed E-state index contributed by atoms with van der Waals surface area (Å²) in [6, 6.07) is 12.3. The van der Waals surface area contributed by atoms with Crippen molar-refractivity contribution in [2.24, 2.45) is 5.41 Å². The molecule has 0 heterocycles. The molecular weight excluding hydrogens is 212 g/mol. The summed E-state index contributed by atoms with van der Waals surface area (Å²) in [5.74, 6) is 0.804. The van der Waals surface area contributed by atoms with Crippen LogP contribution in [-0.2, 0) is 0 Å². The third-order valence-electron chi connectivity index (χ3n) is 2.47. The summed E-state index contributed by atoms with van der Waals surface area (Å²) in [7, 11) is 0. The summed E-state index contributed by atoms with van der Waals surface area (Å²) < 4.78 is 5.63. The van der Waals surface area contributed by atoms with Gasteiger partial charge < -0.3 is 10.1 Å². The zero-order valence-electron chi connectivity index (χ0n) is 10.7. The first kappa shape index (κ1) is 13.5. The summed E-state index contributed by atoms with van der Waals surface area (Å²) >= 11 is 0. The van der Waals surface area contributed by atoms with Crippen LogP contribution >= 0.6 is 0 Å². The number of nitrogens with zero attached hydrogens (tertiary/aromatic N) is 1. The van der Waals surface area contributed by atoms with E-state index in [9.17, 15) is 5.26 Å². The highest BCUT2D eigenvalue weighted by Crippen LogP contribution is 2.17. The fourth-order valence-corrected chi connectivity index (χ4v) is 1.31. The van der Waals surface area contributed by atoms with Gasteiger partial charge >= 0.3 is 0 Å². The molecule has 1 N–H and O–H groups in total. The molecule has 0 spiro atoms. The maximum Gasteiger partial charge on any atom is 0.119 e. The van der Waals surface area contributed by atoms with E-state index in [4.69, 9.17) is 4.74 Å². The second-order valence-corrected chi connectivity index (χ2v) is 4.81. The molecule has 0 aromatic heterocycles. The number of rotatable bonds is 6. The Morgan fingerprint density at radius 2 is 2.00 bits per heavy atom. The van der Waals surface area contributed by atoms with Crippen LogP contribution in [0.5, 0.6) is 5.75 Å². The molecule has 0 fully saturated rings. The molecule has 1 rings (SSSR count). The van der Waals surface area contributed by atoms with Gasteiger partial charge in [0, 0.05) is 12.6 Å². The third kappa shape index (κ3) is 4.88. The lowest BCUT2D eigenvalue weighted by atomic mass is 9.93. The second-order valence-electron chi connectivity index (χ2n) is 4.81. The van der Waals surface area contributed by atoms with Gasteiger partial charge in [0.2, 0.25) is 0 Å². The van der Waals surface area contributed by atoms with Crippen LogP contribution in [0.2, 0.25) is 0 Å². The van der Waals surface area contributed by atoms with Crippen molar-refractivity contribution in [1.29, 1.82) is 5.26 Å². The van der Waals surface area contributed by atoms with Gasteiger partial charge in [0.15, 0.2) is 0 Å². The number of hydrogen-bond donors (Lipinski definition) is 1. The summed E-state index contributed by atoms with van der Waals surface area (Å²) in [5.41, 5.74) is -0.500. The Morgan fingerprint density at radius 1 is 1.35 bits per heavy atom. The minimum Gasteiger partial charge on any atom is -0.492 e. The molecule has 3 heteroatoms. The molecule has 0 saturated carbocycles. The van der Waals surface area contributed by atoms with E-state index < -0.39 is 5.41 Å². The number of ether oxygens (including phenoxy) is 1. The predicted octanol–water partition coefficient (Wildman–Crippen LogP) is 2.59. The number of nitrogens with one attached hydrogen (secondary N) is 1. The molecular formula is C14H20N2O. The van der Waals surface area contributed by atoms with Crippen molar-refractivity contribution in [3.8, 4) is 11.8 Å². The smallest absolute Gasteiger partial charge is 0.119 e. The molecule has 0 aliphatic heterocycles. The molecule has 17 heavy (non-hydrogen) atoms. The van der Waals surface area contributed by atoms with Crippen LogP contribution < -0.4 is 10.1 Å². The Hall–Kier alpha value is -1.53. The summed E-state index contributed by atoms with van der Waals surface area (Å²) in [4.78, 5) is 0. The number of nitriles is 1. The van der Waals surface area contributed by atoms with Crippen molar-refractivity contribution in [1.82, 2.24) is 5.32 Å². The van der Waals surface area contributed by atoms with E-state index >= 15 is 0 Å². The van der Waals surface area contributed by atoms with Crippen LogP contribution in [0.4, 0.5) is 0 Å². The maximum atomic E-state index is 9.21. The topological polar surface area (TPSA) is 45.0 Å². The summed E-state index contributed by atoms with van der Waals surface area (Å²) in [5, 5.41) is 12.5. The first-order valence-corrected chi connectivity index (χ1v) is 5.88. The zero-order valence-corrected chi connectivity index (χ0v) is 10.7. The van der Waals surface area contributed by atoms with Gasteiger partial charge in [0.05, 0.1) is 6.07 Å². The highest BCUT2D eigenvalue weighted by atomic mass is 16.5. The second kappa shape index (κ2) is 6.27. The average Bonchev–Trinajstić information content (AvgIpc) is 2.35. The molecule has 1 unspecified atom stereocenters. The maximum absolute atomic E-state index is 9.21. The lowest BCUT2D eigenvalue weighted by molar-refractivity contribution is 0.204. The Bertz CT molecular complexity index is 370. The zero-order chi connectivity index (χ0) is 12.7. The fourth-order valence-electron chi connectivity index (χ4n) is 1.31. The van der Waals surface area contributed by atoms with E-state index in [1.807, 2.05) is 37.3 Å². The largest absolute Gasteiger partial charge is 0.492 e. The molecule has 3 nitrogen and oxygen atoms in total. The van der Waals surface area contributed by atoms with E-state index in [0.29, 0.717) is 19.2 Å². The Balaban J connectivity index is 2.49. The molecule has 0 saturated heterocycles. The van der Waals surface area contributed by atoms with Gasteiger partial charge in [0.25, 0.3) is 0 Å². The number of hydrogen-bond acceptors (Lipinski definition) is 3. The van der Waals surface area contributed by atoms with Crippen LogP contribution in [0.25, 0.3) is 0 Å². The van der Waals surface area contributed by atoms with Crippen molar-refractivity contribution in [3.05, 3.63) is 30.3 Å². The van der Waals surface area contributed by atoms with Crippen molar-refractivity contribution in [2.75, 3.05) is 13.2 Å². The Labute approximate surface area is 103 Å². The van der Waals surface area contributed by atoms with Crippen LogP contribution in [0.1, 0.15) is 20.8 Å². The van der Waals surface area contributed by atoms with Crippen molar-refractivity contribution >= 4 is 0 Å². The van der Waals surface area contributed by atoms with E-state index in [0.717, 1.165) is 5.75 Å². The van der Waals surface area contributed by atoms with Gasteiger partial charge in [-0.25, -0.2) is 0 Å². The van der Waals surface area contributed by atoms with Crippen molar-refractivity contribution in [3.63, 3.8) is 0 Å². The minimum atomic E-state index is -0.500. The first-order valence-electron chi connectivity index (χ1n) is 5.88. The summed E-state index contributed by atoms with van der Waals surface area (Å²) in [6.07, 6.45) is 0. The average molecular weight is 232 g/mol. The van der Waals surface area contributed by atoms with Gasteiger partial charge in [-0.05, 0) is 19.1 Å². The molecule has 0 radical (unpaired) electrons. The highest BCUT2D eigenvalue weighted by molar-refractivity contribution is 5.21. The van der Waals surface area contributed by atoms with E-state index in [1.165, 1.54) is 0 Å².